The Balaban J connectivity index is 1.84. The van der Waals surface area contributed by atoms with Gasteiger partial charge in [-0.1, -0.05) is 5.21 Å². The summed E-state index contributed by atoms with van der Waals surface area (Å²) in [5.74, 6) is -0.354. The highest BCUT2D eigenvalue weighted by Gasteiger charge is 2.24. The average Bonchev–Trinajstić information content (AvgIpc) is 3.24. The van der Waals surface area contributed by atoms with Crippen LogP contribution in [0, 0.1) is 0 Å². The van der Waals surface area contributed by atoms with Gasteiger partial charge in [0.25, 0.3) is 5.91 Å². The minimum atomic E-state index is -0.573. The van der Waals surface area contributed by atoms with Crippen molar-refractivity contribution in [2.24, 2.45) is 5.10 Å². The molecular weight excluding hydrogens is 514 g/mol. The maximum atomic E-state index is 12.6. The number of nitrogen functional groups attached to an aromatic ring is 1. The van der Waals surface area contributed by atoms with E-state index < -0.39 is 5.91 Å². The van der Waals surface area contributed by atoms with Crippen LogP contribution in [0.15, 0.2) is 30.8 Å². The second kappa shape index (κ2) is 8.67. The van der Waals surface area contributed by atoms with Gasteiger partial charge < -0.3 is 15.7 Å². The summed E-state index contributed by atoms with van der Waals surface area (Å²) in [6, 6.07) is 3.29. The van der Waals surface area contributed by atoms with E-state index in [-0.39, 0.29) is 23.1 Å². The molecule has 2 heterocycles. The molecule has 3 rings (SSSR count). The maximum absolute atomic E-state index is 12.6. The number of nitrogens with zero attached hydrogens (tertiary/aromatic N) is 7. The molecule has 0 aliphatic carbocycles. The van der Waals surface area contributed by atoms with Crippen LogP contribution in [0.1, 0.15) is 21.7 Å². The number of rotatable bonds is 6. The van der Waals surface area contributed by atoms with Crippen molar-refractivity contribution >= 4 is 49.8 Å². The Morgan fingerprint density at radius 1 is 1.38 bits per heavy atom. The molecule has 0 unspecified atom stereocenters. The molecule has 0 spiro atoms. The highest BCUT2D eigenvalue weighted by Crippen LogP contribution is 2.32. The third-order valence-corrected chi connectivity index (χ3v) is 4.77. The van der Waals surface area contributed by atoms with Crippen LogP contribution in [0.25, 0.3) is 5.82 Å². The first-order chi connectivity index (χ1) is 13.8. The molecule has 3 aromatic rings. The first-order valence-corrected chi connectivity index (χ1v) is 9.55. The van der Waals surface area contributed by atoms with Crippen LogP contribution in [0.5, 0.6) is 5.75 Å². The topological polar surface area (TPSA) is 161 Å². The van der Waals surface area contributed by atoms with Crippen LogP contribution < -0.4 is 11.2 Å². The summed E-state index contributed by atoms with van der Waals surface area (Å²) >= 11 is 6.46. The van der Waals surface area contributed by atoms with Gasteiger partial charge in [-0.3, -0.25) is 4.79 Å². The van der Waals surface area contributed by atoms with Crippen molar-refractivity contribution in [1.82, 2.24) is 35.6 Å². The number of carbonyl (C=O) groups excluding carboxylic acids is 1. The molecule has 0 atom stereocenters. The minimum Gasteiger partial charge on any atom is -0.506 e. The van der Waals surface area contributed by atoms with E-state index in [2.05, 4.69) is 67.6 Å². The van der Waals surface area contributed by atoms with Gasteiger partial charge in [0.1, 0.15) is 5.75 Å². The number of amides is 1. The largest absolute Gasteiger partial charge is 0.506 e. The van der Waals surface area contributed by atoms with Crippen molar-refractivity contribution < 1.29 is 14.5 Å². The Bertz CT molecular complexity index is 1050. The smallest absolute Gasteiger partial charge is 0.293 e. The van der Waals surface area contributed by atoms with E-state index in [0.717, 1.165) is 0 Å². The normalized spacial score (nSPS) is 11.5. The number of phenolic OH excluding ortho intramolecular Hbond substituents is 1. The van der Waals surface area contributed by atoms with E-state index in [4.69, 9.17) is 5.73 Å². The molecule has 29 heavy (non-hydrogen) atoms. The fourth-order valence-electron chi connectivity index (χ4n) is 2.31. The summed E-state index contributed by atoms with van der Waals surface area (Å²) in [6.45, 7) is 0.323. The fourth-order valence-corrected chi connectivity index (χ4v) is 3.53. The van der Waals surface area contributed by atoms with Crippen molar-refractivity contribution in [3.63, 3.8) is 0 Å². The molecule has 2 aromatic heterocycles. The summed E-state index contributed by atoms with van der Waals surface area (Å²) in [7, 11) is 3.64. The van der Waals surface area contributed by atoms with Gasteiger partial charge in [-0.15, -0.1) is 5.10 Å². The van der Waals surface area contributed by atoms with Gasteiger partial charge in [0.05, 0.1) is 20.9 Å². The number of anilines is 1. The lowest BCUT2D eigenvalue weighted by atomic mass is 10.2. The molecule has 1 aromatic carbocycles. The molecule has 14 heteroatoms. The number of nitrogens with one attached hydrogen (secondary N) is 1. The van der Waals surface area contributed by atoms with Gasteiger partial charge in [0.15, 0.2) is 5.69 Å². The molecule has 0 radical (unpaired) electrons. The standard InChI is InChI=1S/C15H15Br2N9O3/c1-25(2)6-10-11(20-24-26(10)14-13(18)22-29-23-14)15(28)21-19-5-7-3-8(16)12(27)9(17)4-7/h3-5,27H,6H2,1-2H3,(H2,18,22)(H,21,28)/b19-5-. The number of carbonyl (C=O) groups is 1. The molecule has 0 aliphatic rings. The SMILES string of the molecule is CN(C)Cc1c(C(=O)N/N=C\c2cc(Br)c(O)c(Br)c2)nnn1-c1nonc1N. The van der Waals surface area contributed by atoms with E-state index in [1.165, 1.54) is 10.9 Å². The molecule has 0 aliphatic heterocycles. The Hall–Kier alpha value is -2.84. The lowest BCUT2D eigenvalue weighted by molar-refractivity contribution is 0.0948. The van der Waals surface area contributed by atoms with Gasteiger partial charge in [0, 0.05) is 6.54 Å². The Kier molecular flexibility index (Phi) is 6.24. The molecule has 1 amide bonds. The summed E-state index contributed by atoms with van der Waals surface area (Å²) < 4.78 is 6.85. The van der Waals surface area contributed by atoms with Crippen molar-refractivity contribution in [3.8, 4) is 11.6 Å². The number of hydrazone groups is 1. The van der Waals surface area contributed by atoms with E-state index in [0.29, 0.717) is 26.7 Å². The molecule has 0 saturated carbocycles. The maximum Gasteiger partial charge on any atom is 0.293 e. The third kappa shape index (κ3) is 4.60. The number of benzene rings is 1. The zero-order chi connectivity index (χ0) is 21.1. The van der Waals surface area contributed by atoms with Gasteiger partial charge in [-0.25, -0.2) is 10.1 Å². The summed E-state index contributed by atoms with van der Waals surface area (Å²) in [5, 5.41) is 28.7. The number of aromatic hydroxyl groups is 1. The Morgan fingerprint density at radius 3 is 2.66 bits per heavy atom. The van der Waals surface area contributed by atoms with Crippen molar-refractivity contribution in [2.45, 2.75) is 6.54 Å². The molecular formula is C15H15Br2N9O3. The number of phenols is 1. The van der Waals surface area contributed by atoms with E-state index in [1.54, 1.807) is 12.1 Å². The second-order valence-corrected chi connectivity index (χ2v) is 7.75. The zero-order valence-corrected chi connectivity index (χ0v) is 18.3. The second-order valence-electron chi connectivity index (χ2n) is 6.04. The average molecular weight is 529 g/mol. The molecule has 4 N–H and O–H groups in total. The van der Waals surface area contributed by atoms with E-state index in [9.17, 15) is 9.90 Å². The lowest BCUT2D eigenvalue weighted by Crippen LogP contribution is -2.23. The molecule has 0 bridgehead atoms. The van der Waals surface area contributed by atoms with Gasteiger partial charge in [-0.2, -0.15) is 9.78 Å². The van der Waals surface area contributed by atoms with E-state index in [1.807, 2.05) is 19.0 Å². The molecule has 152 valence electrons. The van der Waals surface area contributed by atoms with Crippen LogP contribution >= 0.6 is 31.9 Å². The van der Waals surface area contributed by atoms with Crippen molar-refractivity contribution in [1.29, 1.82) is 0 Å². The summed E-state index contributed by atoms with van der Waals surface area (Å²) in [5.41, 5.74) is 9.24. The lowest BCUT2D eigenvalue weighted by Gasteiger charge is -2.11. The third-order valence-electron chi connectivity index (χ3n) is 3.56. The van der Waals surface area contributed by atoms with Gasteiger partial charge in [0.2, 0.25) is 11.6 Å². The van der Waals surface area contributed by atoms with E-state index >= 15 is 0 Å². The molecule has 0 saturated heterocycles. The quantitative estimate of drug-likeness (QED) is 0.316. The highest BCUT2D eigenvalue weighted by atomic mass is 79.9. The number of hydrogen-bond acceptors (Lipinski definition) is 10. The Morgan fingerprint density at radius 2 is 2.07 bits per heavy atom. The van der Waals surface area contributed by atoms with Crippen LogP contribution in [-0.2, 0) is 6.54 Å². The molecule has 12 nitrogen and oxygen atoms in total. The Labute approximate surface area is 181 Å². The predicted molar refractivity (Wildman–Crippen MR) is 110 cm³/mol. The minimum absolute atomic E-state index is 0.0170. The van der Waals surface area contributed by atoms with Crippen LogP contribution in [0.2, 0.25) is 0 Å². The first kappa shape index (κ1) is 20.9. The summed E-state index contributed by atoms with van der Waals surface area (Å²) in [4.78, 5) is 14.4. The predicted octanol–water partition coefficient (Wildman–Crippen LogP) is 1.29. The van der Waals surface area contributed by atoms with Crippen LogP contribution in [0.4, 0.5) is 5.82 Å². The van der Waals surface area contributed by atoms with Crippen LogP contribution in [0.3, 0.4) is 0 Å². The molecule has 0 fully saturated rings. The zero-order valence-electron chi connectivity index (χ0n) is 15.2. The van der Waals surface area contributed by atoms with Crippen molar-refractivity contribution in [2.75, 3.05) is 19.8 Å². The first-order valence-electron chi connectivity index (χ1n) is 7.97. The number of halogens is 2. The number of nitrogens with two attached hydrogens (primary N) is 1. The van der Waals surface area contributed by atoms with Crippen molar-refractivity contribution in [3.05, 3.63) is 38.0 Å². The van der Waals surface area contributed by atoms with Crippen LogP contribution in [-0.4, -0.2) is 61.5 Å². The van der Waals surface area contributed by atoms with Gasteiger partial charge >= 0.3 is 0 Å². The number of aromatic nitrogens is 5. The highest BCUT2D eigenvalue weighted by molar-refractivity contribution is 9.11. The van der Waals surface area contributed by atoms with Gasteiger partial charge in [-0.05, 0) is 74.0 Å². The summed E-state index contributed by atoms with van der Waals surface area (Å²) in [6.07, 6.45) is 1.42. The number of hydrogen-bond donors (Lipinski definition) is 3. The monoisotopic (exact) mass is 527 g/mol. The fraction of sp³-hybridized carbons (Fsp3) is 0.200.